The van der Waals surface area contributed by atoms with Crippen LogP contribution >= 0.6 is 15.9 Å². The summed E-state index contributed by atoms with van der Waals surface area (Å²) in [6.45, 7) is 0. The molecule has 0 bridgehead atoms. The molecule has 0 radical (unpaired) electrons. The Balaban J connectivity index is 2.04. The molecular weight excluding hydrogens is 321 g/mol. The third-order valence-corrected chi connectivity index (χ3v) is 3.84. The van der Waals surface area contributed by atoms with Gasteiger partial charge in [0.1, 0.15) is 11.6 Å². The Morgan fingerprint density at radius 2 is 1.70 bits per heavy atom. The number of nitrogens with two attached hydrogens (primary N) is 1. The molecule has 20 heavy (non-hydrogen) atoms. The van der Waals surface area contributed by atoms with Crippen molar-refractivity contribution in [3.05, 3.63) is 64.9 Å². The Morgan fingerprint density at radius 3 is 2.50 bits per heavy atom. The Morgan fingerprint density at radius 1 is 0.950 bits per heavy atom. The van der Waals surface area contributed by atoms with Gasteiger partial charge < -0.3 is 10.5 Å². The fourth-order valence-corrected chi connectivity index (χ4v) is 2.60. The van der Waals surface area contributed by atoms with Gasteiger partial charge in [0.05, 0.1) is 10.2 Å². The number of hydrogen-bond donors (Lipinski definition) is 1. The van der Waals surface area contributed by atoms with Crippen LogP contribution in [0.3, 0.4) is 0 Å². The molecule has 0 unspecified atom stereocenters. The van der Waals surface area contributed by atoms with E-state index < -0.39 is 0 Å². The van der Waals surface area contributed by atoms with Gasteiger partial charge in [-0.3, -0.25) is 0 Å². The number of halogens is 2. The highest BCUT2D eigenvalue weighted by atomic mass is 79.9. The molecule has 0 fully saturated rings. The van der Waals surface area contributed by atoms with Crippen LogP contribution in [0.4, 0.5) is 10.1 Å². The SMILES string of the molecule is Nc1cc(F)ccc1Oc1ccc2ccccc2c1Br. The lowest BCUT2D eigenvalue weighted by Gasteiger charge is -2.11. The van der Waals surface area contributed by atoms with Crippen LogP contribution in [0.2, 0.25) is 0 Å². The van der Waals surface area contributed by atoms with Crippen LogP contribution in [-0.2, 0) is 0 Å². The standard InChI is InChI=1S/C16H11BrFNO/c17-16-12-4-2-1-3-10(12)5-7-15(16)20-14-8-6-11(18)9-13(14)19/h1-9H,19H2. The Hall–Kier alpha value is -2.07. The van der Waals surface area contributed by atoms with Crippen LogP contribution in [0.25, 0.3) is 10.8 Å². The summed E-state index contributed by atoms with van der Waals surface area (Å²) in [6, 6.07) is 15.9. The molecule has 4 heteroatoms. The lowest BCUT2D eigenvalue weighted by Crippen LogP contribution is -1.93. The molecule has 3 aromatic rings. The van der Waals surface area contributed by atoms with E-state index in [9.17, 15) is 4.39 Å². The normalized spacial score (nSPS) is 10.7. The fraction of sp³-hybridized carbons (Fsp3) is 0. The minimum absolute atomic E-state index is 0.269. The largest absolute Gasteiger partial charge is 0.454 e. The second kappa shape index (κ2) is 5.13. The molecule has 0 amide bonds. The summed E-state index contributed by atoms with van der Waals surface area (Å²) in [5, 5.41) is 2.16. The van der Waals surface area contributed by atoms with Crippen LogP contribution < -0.4 is 10.5 Å². The monoisotopic (exact) mass is 331 g/mol. The lowest BCUT2D eigenvalue weighted by molar-refractivity contribution is 0.481. The van der Waals surface area contributed by atoms with Crippen LogP contribution in [0.1, 0.15) is 0 Å². The van der Waals surface area contributed by atoms with Crippen LogP contribution in [-0.4, -0.2) is 0 Å². The Bertz CT molecular complexity index is 789. The Labute approximate surface area is 124 Å². The average Bonchev–Trinajstić information content (AvgIpc) is 2.45. The number of ether oxygens (including phenoxy) is 1. The zero-order valence-electron chi connectivity index (χ0n) is 10.4. The number of fused-ring (bicyclic) bond motifs is 1. The summed E-state index contributed by atoms with van der Waals surface area (Å²) in [5.74, 6) is 0.691. The number of benzene rings is 3. The van der Waals surface area contributed by atoms with Crippen LogP contribution in [0, 0.1) is 5.82 Å². The molecule has 0 saturated heterocycles. The summed E-state index contributed by atoms with van der Waals surface area (Å²) >= 11 is 3.54. The summed E-state index contributed by atoms with van der Waals surface area (Å²) in [4.78, 5) is 0. The third kappa shape index (κ3) is 2.34. The van der Waals surface area contributed by atoms with Gasteiger partial charge in [-0.15, -0.1) is 0 Å². The van der Waals surface area contributed by atoms with Crippen molar-refractivity contribution in [2.45, 2.75) is 0 Å². The summed E-state index contributed by atoms with van der Waals surface area (Å²) < 4.78 is 19.6. The van der Waals surface area contributed by atoms with Crippen LogP contribution in [0.15, 0.2) is 59.1 Å². The average molecular weight is 332 g/mol. The van der Waals surface area contributed by atoms with Crippen molar-refractivity contribution in [1.29, 1.82) is 0 Å². The molecule has 100 valence electrons. The number of nitrogen functional groups attached to an aromatic ring is 1. The fourth-order valence-electron chi connectivity index (χ4n) is 2.02. The van der Waals surface area contributed by atoms with Gasteiger partial charge in [-0.2, -0.15) is 0 Å². The second-order valence-corrected chi connectivity index (χ2v) is 5.18. The van der Waals surface area contributed by atoms with Gasteiger partial charge >= 0.3 is 0 Å². The van der Waals surface area contributed by atoms with E-state index in [1.165, 1.54) is 18.2 Å². The zero-order valence-corrected chi connectivity index (χ0v) is 12.0. The van der Waals surface area contributed by atoms with Crippen molar-refractivity contribution in [3.63, 3.8) is 0 Å². The molecule has 0 aliphatic rings. The minimum atomic E-state index is -0.382. The first-order valence-electron chi connectivity index (χ1n) is 6.05. The van der Waals surface area contributed by atoms with E-state index in [0.29, 0.717) is 11.5 Å². The summed E-state index contributed by atoms with van der Waals surface area (Å²) in [7, 11) is 0. The highest BCUT2D eigenvalue weighted by Crippen LogP contribution is 2.37. The first kappa shape index (κ1) is 12.9. The first-order chi connectivity index (χ1) is 9.65. The number of anilines is 1. The molecule has 0 saturated carbocycles. The second-order valence-electron chi connectivity index (χ2n) is 4.38. The quantitative estimate of drug-likeness (QED) is 0.662. The molecule has 0 aliphatic carbocycles. The first-order valence-corrected chi connectivity index (χ1v) is 6.84. The molecule has 0 aromatic heterocycles. The topological polar surface area (TPSA) is 35.2 Å². The lowest BCUT2D eigenvalue weighted by atomic mass is 10.1. The van der Waals surface area contributed by atoms with Gasteiger partial charge in [-0.25, -0.2) is 4.39 Å². The van der Waals surface area contributed by atoms with Gasteiger partial charge in [0, 0.05) is 6.07 Å². The molecule has 0 spiro atoms. The van der Waals surface area contributed by atoms with Crippen molar-refractivity contribution in [1.82, 2.24) is 0 Å². The highest BCUT2D eigenvalue weighted by Gasteiger charge is 2.09. The van der Waals surface area contributed by atoms with E-state index in [1.54, 1.807) is 0 Å². The van der Waals surface area contributed by atoms with Crippen molar-refractivity contribution < 1.29 is 9.13 Å². The Kier molecular flexibility index (Phi) is 3.32. The molecule has 3 aromatic carbocycles. The summed E-state index contributed by atoms with van der Waals surface area (Å²) in [5.41, 5.74) is 6.02. The van der Waals surface area contributed by atoms with Crippen molar-refractivity contribution >= 4 is 32.4 Å². The van der Waals surface area contributed by atoms with Crippen molar-refractivity contribution in [2.24, 2.45) is 0 Å². The van der Waals surface area contributed by atoms with Crippen molar-refractivity contribution in [2.75, 3.05) is 5.73 Å². The molecule has 3 rings (SSSR count). The highest BCUT2D eigenvalue weighted by molar-refractivity contribution is 9.10. The van der Waals surface area contributed by atoms with Gasteiger partial charge in [0.15, 0.2) is 5.75 Å². The third-order valence-electron chi connectivity index (χ3n) is 3.02. The van der Waals surface area contributed by atoms with E-state index >= 15 is 0 Å². The predicted molar refractivity (Wildman–Crippen MR) is 82.5 cm³/mol. The molecule has 0 aliphatic heterocycles. The van der Waals surface area contributed by atoms with E-state index in [1.807, 2.05) is 36.4 Å². The predicted octanol–water partition coefficient (Wildman–Crippen LogP) is 5.12. The van der Waals surface area contributed by atoms with Gasteiger partial charge in [0.25, 0.3) is 0 Å². The van der Waals surface area contributed by atoms with Gasteiger partial charge in [0.2, 0.25) is 0 Å². The van der Waals surface area contributed by atoms with E-state index in [4.69, 9.17) is 10.5 Å². The summed E-state index contributed by atoms with van der Waals surface area (Å²) in [6.07, 6.45) is 0. The van der Waals surface area contributed by atoms with Crippen molar-refractivity contribution in [3.8, 4) is 11.5 Å². The minimum Gasteiger partial charge on any atom is -0.454 e. The van der Waals surface area contributed by atoms with E-state index in [-0.39, 0.29) is 11.5 Å². The molecule has 0 atom stereocenters. The maximum absolute atomic E-state index is 13.0. The number of hydrogen-bond acceptors (Lipinski definition) is 2. The van der Waals surface area contributed by atoms with E-state index in [2.05, 4.69) is 15.9 Å². The molecular formula is C16H11BrFNO. The molecule has 2 N–H and O–H groups in total. The molecule has 0 heterocycles. The maximum Gasteiger partial charge on any atom is 0.150 e. The van der Waals surface area contributed by atoms with Gasteiger partial charge in [-0.1, -0.05) is 30.3 Å². The zero-order chi connectivity index (χ0) is 14.1. The van der Waals surface area contributed by atoms with E-state index in [0.717, 1.165) is 15.2 Å². The molecule has 2 nitrogen and oxygen atoms in total. The number of rotatable bonds is 2. The smallest absolute Gasteiger partial charge is 0.150 e. The maximum atomic E-state index is 13.0. The van der Waals surface area contributed by atoms with Crippen LogP contribution in [0.5, 0.6) is 11.5 Å². The van der Waals surface area contributed by atoms with Gasteiger partial charge in [-0.05, 0) is 44.9 Å².